The molecule has 2 rings (SSSR count). The number of nitrogens with one attached hydrogen (secondary N) is 1. The monoisotopic (exact) mass is 198 g/mol. The van der Waals surface area contributed by atoms with Crippen LogP contribution in [0.2, 0.25) is 0 Å². The SMILES string of the molecule is CC(=O)N1CC[C@@H](NC2CC2)C[C@@H]1O. The van der Waals surface area contributed by atoms with Crippen LogP contribution in [0.25, 0.3) is 0 Å². The summed E-state index contributed by atoms with van der Waals surface area (Å²) in [6, 6.07) is 1.07. The Balaban J connectivity index is 1.82. The molecule has 4 nitrogen and oxygen atoms in total. The van der Waals surface area contributed by atoms with Crippen molar-refractivity contribution in [2.45, 2.75) is 50.9 Å². The number of nitrogens with zero attached hydrogens (tertiary/aromatic N) is 1. The van der Waals surface area contributed by atoms with Crippen molar-refractivity contribution in [3.63, 3.8) is 0 Å². The average molecular weight is 198 g/mol. The predicted molar refractivity (Wildman–Crippen MR) is 52.6 cm³/mol. The molecule has 0 spiro atoms. The Kier molecular flexibility index (Phi) is 2.74. The van der Waals surface area contributed by atoms with Crippen LogP contribution in [0.4, 0.5) is 0 Å². The van der Waals surface area contributed by atoms with Gasteiger partial charge < -0.3 is 15.3 Å². The van der Waals surface area contributed by atoms with Crippen molar-refractivity contribution in [3.8, 4) is 0 Å². The fourth-order valence-corrected chi connectivity index (χ4v) is 2.05. The molecule has 4 heteroatoms. The molecule has 2 aliphatic rings. The van der Waals surface area contributed by atoms with E-state index in [9.17, 15) is 9.90 Å². The quantitative estimate of drug-likeness (QED) is 0.660. The van der Waals surface area contributed by atoms with Crippen LogP contribution in [0.5, 0.6) is 0 Å². The van der Waals surface area contributed by atoms with Crippen LogP contribution in [0, 0.1) is 0 Å². The van der Waals surface area contributed by atoms with Crippen LogP contribution >= 0.6 is 0 Å². The number of hydrogen-bond acceptors (Lipinski definition) is 3. The predicted octanol–water partition coefficient (Wildman–Crippen LogP) is 0.0677. The molecule has 1 aliphatic heterocycles. The zero-order valence-corrected chi connectivity index (χ0v) is 8.57. The van der Waals surface area contributed by atoms with E-state index < -0.39 is 6.23 Å². The van der Waals surface area contributed by atoms with E-state index in [1.165, 1.54) is 19.8 Å². The van der Waals surface area contributed by atoms with E-state index in [2.05, 4.69) is 5.32 Å². The molecule has 1 saturated carbocycles. The number of likely N-dealkylation sites (tertiary alicyclic amines) is 1. The Labute approximate surface area is 84.3 Å². The summed E-state index contributed by atoms with van der Waals surface area (Å²) in [6.45, 7) is 2.19. The van der Waals surface area contributed by atoms with Crippen molar-refractivity contribution in [1.82, 2.24) is 10.2 Å². The third kappa shape index (κ3) is 2.25. The van der Waals surface area contributed by atoms with Crippen LogP contribution < -0.4 is 5.32 Å². The van der Waals surface area contributed by atoms with Gasteiger partial charge in [0.25, 0.3) is 0 Å². The normalized spacial score (nSPS) is 33.1. The van der Waals surface area contributed by atoms with E-state index in [0.717, 1.165) is 6.42 Å². The minimum absolute atomic E-state index is 0.0256. The number of carbonyl (C=O) groups is 1. The van der Waals surface area contributed by atoms with Gasteiger partial charge in [0, 0.05) is 32.0 Å². The molecule has 2 fully saturated rings. The molecule has 0 aromatic rings. The van der Waals surface area contributed by atoms with Crippen LogP contribution in [0.15, 0.2) is 0 Å². The van der Waals surface area contributed by atoms with Gasteiger partial charge in [0.15, 0.2) is 0 Å². The number of amides is 1. The highest BCUT2D eigenvalue weighted by Crippen LogP contribution is 2.23. The standard InChI is InChI=1S/C10H18N2O2/c1-7(13)12-5-4-9(6-10(12)14)11-8-2-3-8/h8-11,14H,2-6H2,1H3/t9-,10+/m1/s1. The third-order valence-electron chi connectivity index (χ3n) is 3.03. The van der Waals surface area contributed by atoms with Gasteiger partial charge in [-0.05, 0) is 19.3 Å². The maximum atomic E-state index is 11.1. The van der Waals surface area contributed by atoms with Crippen LogP contribution in [-0.2, 0) is 4.79 Å². The molecule has 0 radical (unpaired) electrons. The van der Waals surface area contributed by atoms with Crippen molar-refractivity contribution in [2.24, 2.45) is 0 Å². The van der Waals surface area contributed by atoms with Gasteiger partial charge in [0.2, 0.25) is 5.91 Å². The number of aliphatic hydroxyl groups is 1. The number of aliphatic hydroxyl groups excluding tert-OH is 1. The van der Waals surface area contributed by atoms with E-state index in [1.54, 1.807) is 4.90 Å². The molecule has 1 saturated heterocycles. The zero-order valence-electron chi connectivity index (χ0n) is 8.57. The second-order valence-corrected chi connectivity index (χ2v) is 4.36. The minimum atomic E-state index is -0.586. The largest absolute Gasteiger partial charge is 0.373 e. The van der Waals surface area contributed by atoms with Gasteiger partial charge >= 0.3 is 0 Å². The third-order valence-corrected chi connectivity index (χ3v) is 3.03. The first kappa shape index (κ1) is 9.93. The van der Waals surface area contributed by atoms with Gasteiger partial charge in [0.05, 0.1) is 0 Å². The summed E-state index contributed by atoms with van der Waals surface area (Å²) in [5.74, 6) is -0.0256. The Hall–Kier alpha value is -0.610. The second-order valence-electron chi connectivity index (χ2n) is 4.36. The summed E-state index contributed by atoms with van der Waals surface area (Å²) in [4.78, 5) is 12.6. The van der Waals surface area contributed by atoms with Crippen molar-refractivity contribution >= 4 is 5.91 Å². The highest BCUT2D eigenvalue weighted by Gasteiger charge is 2.31. The summed E-state index contributed by atoms with van der Waals surface area (Å²) in [6.07, 6.45) is 3.59. The van der Waals surface area contributed by atoms with E-state index in [1.807, 2.05) is 0 Å². The molecule has 14 heavy (non-hydrogen) atoms. The molecule has 1 aliphatic carbocycles. The summed E-state index contributed by atoms with van der Waals surface area (Å²) in [5.41, 5.74) is 0. The summed E-state index contributed by atoms with van der Waals surface area (Å²) in [5, 5.41) is 13.2. The van der Waals surface area contributed by atoms with E-state index in [0.29, 0.717) is 25.0 Å². The molecule has 0 aromatic heterocycles. The smallest absolute Gasteiger partial charge is 0.221 e. The Morgan fingerprint density at radius 2 is 2.07 bits per heavy atom. The van der Waals surface area contributed by atoms with E-state index >= 15 is 0 Å². The molecule has 0 bridgehead atoms. The maximum absolute atomic E-state index is 11.1. The molecule has 1 heterocycles. The fourth-order valence-electron chi connectivity index (χ4n) is 2.05. The molecular formula is C10H18N2O2. The molecular weight excluding hydrogens is 180 g/mol. The number of hydrogen-bond donors (Lipinski definition) is 2. The molecule has 0 unspecified atom stereocenters. The average Bonchev–Trinajstić information content (AvgIpc) is 2.87. The zero-order chi connectivity index (χ0) is 10.1. The highest BCUT2D eigenvalue weighted by molar-refractivity contribution is 5.73. The second kappa shape index (κ2) is 3.87. The lowest BCUT2D eigenvalue weighted by atomic mass is 10.0. The van der Waals surface area contributed by atoms with Crippen LogP contribution in [-0.4, -0.2) is 40.8 Å². The van der Waals surface area contributed by atoms with Gasteiger partial charge in [-0.25, -0.2) is 0 Å². The van der Waals surface area contributed by atoms with Gasteiger partial charge in [-0.2, -0.15) is 0 Å². The Bertz CT molecular complexity index is 228. The Morgan fingerprint density at radius 3 is 2.57 bits per heavy atom. The van der Waals surface area contributed by atoms with E-state index in [-0.39, 0.29) is 5.91 Å². The number of piperidine rings is 1. The molecule has 2 atom stereocenters. The lowest BCUT2D eigenvalue weighted by Crippen LogP contribution is -2.50. The summed E-state index contributed by atoms with van der Waals surface area (Å²) in [7, 11) is 0. The van der Waals surface area contributed by atoms with Crippen molar-refractivity contribution in [2.75, 3.05) is 6.54 Å². The van der Waals surface area contributed by atoms with E-state index in [4.69, 9.17) is 0 Å². The van der Waals surface area contributed by atoms with Crippen LogP contribution in [0.1, 0.15) is 32.6 Å². The number of carbonyl (C=O) groups excluding carboxylic acids is 1. The summed E-state index contributed by atoms with van der Waals surface area (Å²) >= 11 is 0. The molecule has 0 aromatic carbocycles. The van der Waals surface area contributed by atoms with Crippen molar-refractivity contribution in [1.29, 1.82) is 0 Å². The van der Waals surface area contributed by atoms with Crippen molar-refractivity contribution < 1.29 is 9.90 Å². The fraction of sp³-hybridized carbons (Fsp3) is 0.900. The lowest BCUT2D eigenvalue weighted by Gasteiger charge is -2.36. The highest BCUT2D eigenvalue weighted by atomic mass is 16.3. The van der Waals surface area contributed by atoms with Crippen LogP contribution in [0.3, 0.4) is 0 Å². The maximum Gasteiger partial charge on any atom is 0.221 e. The topological polar surface area (TPSA) is 52.6 Å². The number of rotatable bonds is 2. The van der Waals surface area contributed by atoms with Gasteiger partial charge in [-0.15, -0.1) is 0 Å². The molecule has 80 valence electrons. The Morgan fingerprint density at radius 1 is 1.36 bits per heavy atom. The van der Waals surface area contributed by atoms with Gasteiger partial charge in [-0.1, -0.05) is 0 Å². The van der Waals surface area contributed by atoms with Gasteiger partial charge in [0.1, 0.15) is 6.23 Å². The first-order valence-electron chi connectivity index (χ1n) is 5.38. The summed E-state index contributed by atoms with van der Waals surface area (Å²) < 4.78 is 0. The lowest BCUT2D eigenvalue weighted by molar-refractivity contribution is -0.142. The minimum Gasteiger partial charge on any atom is -0.373 e. The first-order valence-corrected chi connectivity index (χ1v) is 5.38. The molecule has 2 N–H and O–H groups in total. The van der Waals surface area contributed by atoms with Crippen molar-refractivity contribution in [3.05, 3.63) is 0 Å². The molecule has 1 amide bonds. The van der Waals surface area contributed by atoms with Gasteiger partial charge in [-0.3, -0.25) is 4.79 Å². The first-order chi connectivity index (χ1) is 6.66.